The number of rotatable bonds is 8. The van der Waals surface area contributed by atoms with Gasteiger partial charge in [0.1, 0.15) is 17.1 Å². The van der Waals surface area contributed by atoms with E-state index in [0.717, 1.165) is 61.7 Å². The second-order valence-corrected chi connectivity index (χ2v) is 8.82. The van der Waals surface area contributed by atoms with E-state index in [-0.39, 0.29) is 5.91 Å². The summed E-state index contributed by atoms with van der Waals surface area (Å²) in [6, 6.07) is 17.6. The van der Waals surface area contributed by atoms with E-state index in [9.17, 15) is 4.79 Å². The summed E-state index contributed by atoms with van der Waals surface area (Å²) in [5.74, 6) is 1.31. The van der Waals surface area contributed by atoms with Gasteiger partial charge in [-0.2, -0.15) is 0 Å². The van der Waals surface area contributed by atoms with Crippen molar-refractivity contribution >= 4 is 33.8 Å². The van der Waals surface area contributed by atoms with Crippen molar-refractivity contribution in [3.8, 4) is 22.6 Å². The van der Waals surface area contributed by atoms with Crippen LogP contribution in [0.1, 0.15) is 25.0 Å². The third kappa shape index (κ3) is 5.08. The molecule has 0 unspecified atom stereocenters. The Hall–Kier alpha value is -4.19. The van der Waals surface area contributed by atoms with Crippen LogP contribution in [0.4, 0.5) is 11.4 Å². The van der Waals surface area contributed by atoms with Crippen molar-refractivity contribution in [2.45, 2.75) is 20.8 Å². The van der Waals surface area contributed by atoms with Crippen LogP contribution >= 0.6 is 0 Å². The molecule has 1 N–H and O–H groups in total. The van der Waals surface area contributed by atoms with E-state index in [1.165, 1.54) is 0 Å². The number of hydrogen-bond donors (Lipinski definition) is 1. The molecule has 0 saturated heterocycles. The van der Waals surface area contributed by atoms with Crippen LogP contribution in [-0.2, 0) is 4.79 Å². The molecule has 1 heterocycles. The quantitative estimate of drug-likeness (QED) is 0.275. The lowest BCUT2D eigenvalue weighted by Crippen LogP contribution is -2.10. The minimum atomic E-state index is -0.201. The summed E-state index contributed by atoms with van der Waals surface area (Å²) in [6.45, 7) is 6.35. The Morgan fingerprint density at radius 2 is 1.78 bits per heavy atom. The zero-order chi connectivity index (χ0) is 25.8. The van der Waals surface area contributed by atoms with Gasteiger partial charge < -0.3 is 24.1 Å². The van der Waals surface area contributed by atoms with Gasteiger partial charge in [-0.05, 0) is 74.4 Å². The number of anilines is 2. The van der Waals surface area contributed by atoms with Crippen LogP contribution in [0.2, 0.25) is 0 Å². The summed E-state index contributed by atoms with van der Waals surface area (Å²) < 4.78 is 17.3. The normalized spacial score (nSPS) is 11.4. The Kier molecular flexibility index (Phi) is 7.34. The molecule has 0 aliphatic carbocycles. The van der Waals surface area contributed by atoms with Crippen molar-refractivity contribution in [3.63, 3.8) is 0 Å². The van der Waals surface area contributed by atoms with Gasteiger partial charge in [-0.15, -0.1) is 0 Å². The smallest absolute Gasteiger partial charge is 0.248 e. The highest BCUT2D eigenvalue weighted by molar-refractivity contribution is 6.06. The van der Waals surface area contributed by atoms with Crippen LogP contribution in [0, 0.1) is 6.92 Å². The Morgan fingerprint density at radius 3 is 2.39 bits per heavy atom. The monoisotopic (exact) mass is 484 g/mol. The van der Waals surface area contributed by atoms with Crippen molar-refractivity contribution in [1.82, 2.24) is 0 Å². The molecular formula is C30H32N2O4. The molecule has 0 bridgehead atoms. The summed E-state index contributed by atoms with van der Waals surface area (Å²) in [5, 5.41) is 3.91. The number of carbonyl (C=O) groups is 1. The fourth-order valence-corrected chi connectivity index (χ4v) is 4.23. The largest absolute Gasteiger partial charge is 0.497 e. The van der Waals surface area contributed by atoms with Gasteiger partial charge in [0.15, 0.2) is 0 Å². The van der Waals surface area contributed by atoms with E-state index in [1.807, 2.05) is 94.4 Å². The summed E-state index contributed by atoms with van der Waals surface area (Å²) in [7, 11) is 5.61. The van der Waals surface area contributed by atoms with E-state index < -0.39 is 0 Å². The third-order valence-corrected chi connectivity index (χ3v) is 6.16. The zero-order valence-corrected chi connectivity index (χ0v) is 21.6. The molecule has 186 valence electrons. The van der Waals surface area contributed by atoms with E-state index in [2.05, 4.69) is 5.32 Å². The van der Waals surface area contributed by atoms with E-state index in [1.54, 1.807) is 19.4 Å². The number of allylic oxidation sites excluding steroid dienone is 1. The Labute approximate surface area is 212 Å². The molecule has 0 fully saturated rings. The minimum absolute atomic E-state index is 0.201. The topological polar surface area (TPSA) is 63.9 Å². The van der Waals surface area contributed by atoms with Crippen molar-refractivity contribution < 1.29 is 18.7 Å². The molecule has 0 atom stereocenters. The molecule has 36 heavy (non-hydrogen) atoms. The minimum Gasteiger partial charge on any atom is -0.497 e. The molecule has 0 saturated carbocycles. The molecule has 4 aromatic rings. The molecule has 1 aromatic heterocycles. The zero-order valence-electron chi connectivity index (χ0n) is 21.6. The Morgan fingerprint density at radius 1 is 1.08 bits per heavy atom. The van der Waals surface area contributed by atoms with Gasteiger partial charge in [0.05, 0.1) is 20.0 Å². The van der Waals surface area contributed by atoms with Crippen molar-refractivity contribution in [2.24, 2.45) is 0 Å². The maximum absolute atomic E-state index is 12.9. The number of nitrogens with zero attached hydrogens (tertiary/aromatic N) is 1. The first-order valence-electron chi connectivity index (χ1n) is 11.9. The standard InChI is InChI=1S/C30H32N2O4/c1-7-35-29-20(3)30-26(27(18-36-30)21-8-14-24(34-6)15-9-21)17-25(29)19(2)16-28(33)31-22-10-12-23(13-11-22)32(4)5/h8-18H,7H2,1-6H3,(H,31,33)/b19-16+. The van der Waals surface area contributed by atoms with Gasteiger partial charge in [0.25, 0.3) is 0 Å². The lowest BCUT2D eigenvalue weighted by molar-refractivity contribution is -0.111. The molecular weight excluding hydrogens is 452 g/mol. The SMILES string of the molecule is CCOc1c(/C(C)=C/C(=O)Nc2ccc(N(C)C)cc2)cc2c(-c3ccc(OC)cc3)coc2c1C. The molecule has 0 aliphatic heterocycles. The Bertz CT molecular complexity index is 1400. The summed E-state index contributed by atoms with van der Waals surface area (Å²) >= 11 is 0. The van der Waals surface area contributed by atoms with Crippen LogP contribution in [0.15, 0.2) is 71.4 Å². The Balaban J connectivity index is 1.71. The number of aryl methyl sites for hydroxylation is 1. The highest BCUT2D eigenvalue weighted by Crippen LogP contribution is 2.41. The fourth-order valence-electron chi connectivity index (χ4n) is 4.23. The van der Waals surface area contributed by atoms with Gasteiger partial charge in [0, 0.05) is 53.6 Å². The first kappa shape index (κ1) is 24.9. The molecule has 1 amide bonds. The summed E-state index contributed by atoms with van der Waals surface area (Å²) in [6.07, 6.45) is 3.37. The number of amides is 1. The second-order valence-electron chi connectivity index (χ2n) is 8.82. The lowest BCUT2D eigenvalue weighted by Gasteiger charge is -2.15. The van der Waals surface area contributed by atoms with Gasteiger partial charge >= 0.3 is 0 Å². The molecule has 6 heteroatoms. The average molecular weight is 485 g/mol. The van der Waals surface area contributed by atoms with E-state index in [0.29, 0.717) is 6.61 Å². The van der Waals surface area contributed by atoms with Gasteiger partial charge in [-0.3, -0.25) is 4.79 Å². The number of carbonyl (C=O) groups excluding carboxylic acids is 1. The number of ether oxygens (including phenoxy) is 2. The maximum atomic E-state index is 12.9. The predicted molar refractivity (Wildman–Crippen MR) is 147 cm³/mol. The van der Waals surface area contributed by atoms with Gasteiger partial charge in [0.2, 0.25) is 5.91 Å². The number of furan rings is 1. The highest BCUT2D eigenvalue weighted by Gasteiger charge is 2.19. The lowest BCUT2D eigenvalue weighted by atomic mass is 9.96. The van der Waals surface area contributed by atoms with Gasteiger partial charge in [-0.25, -0.2) is 0 Å². The van der Waals surface area contributed by atoms with Crippen LogP contribution in [0.25, 0.3) is 27.7 Å². The first-order chi connectivity index (χ1) is 17.3. The molecule has 0 spiro atoms. The van der Waals surface area contributed by atoms with Crippen molar-refractivity contribution in [2.75, 3.05) is 38.0 Å². The predicted octanol–water partition coefficient (Wildman–Crippen LogP) is 6.92. The summed E-state index contributed by atoms with van der Waals surface area (Å²) in [4.78, 5) is 14.9. The van der Waals surface area contributed by atoms with Crippen LogP contribution in [0.5, 0.6) is 11.5 Å². The number of fused-ring (bicyclic) bond motifs is 1. The van der Waals surface area contributed by atoms with Crippen LogP contribution in [0.3, 0.4) is 0 Å². The first-order valence-corrected chi connectivity index (χ1v) is 11.9. The molecule has 0 aliphatic rings. The number of methoxy groups -OCH3 is 1. The third-order valence-electron chi connectivity index (χ3n) is 6.16. The van der Waals surface area contributed by atoms with Crippen LogP contribution in [-0.4, -0.2) is 33.7 Å². The number of hydrogen-bond acceptors (Lipinski definition) is 5. The van der Waals surface area contributed by atoms with Crippen molar-refractivity contribution in [1.29, 1.82) is 0 Å². The van der Waals surface area contributed by atoms with E-state index >= 15 is 0 Å². The van der Waals surface area contributed by atoms with E-state index in [4.69, 9.17) is 13.9 Å². The maximum Gasteiger partial charge on any atom is 0.248 e. The highest BCUT2D eigenvalue weighted by atomic mass is 16.5. The molecule has 3 aromatic carbocycles. The number of benzene rings is 3. The molecule has 4 rings (SSSR count). The molecule has 6 nitrogen and oxygen atoms in total. The fraction of sp³-hybridized carbons (Fsp3) is 0.233. The number of nitrogens with one attached hydrogen (secondary N) is 1. The van der Waals surface area contributed by atoms with Crippen LogP contribution < -0.4 is 19.7 Å². The van der Waals surface area contributed by atoms with Gasteiger partial charge in [-0.1, -0.05) is 12.1 Å². The van der Waals surface area contributed by atoms with Crippen molar-refractivity contribution in [3.05, 3.63) is 78.1 Å². The average Bonchev–Trinajstić information content (AvgIpc) is 3.30. The molecule has 0 radical (unpaired) electrons. The second kappa shape index (κ2) is 10.6. The summed E-state index contributed by atoms with van der Waals surface area (Å²) in [5.41, 5.74) is 7.12.